The van der Waals surface area contributed by atoms with Gasteiger partial charge in [-0.2, -0.15) is 0 Å². The highest BCUT2D eigenvalue weighted by Crippen LogP contribution is 2.27. The number of rotatable bonds is 2. The number of amides is 1. The zero-order valence-corrected chi connectivity index (χ0v) is 15.1. The molecule has 1 aliphatic rings. The van der Waals surface area contributed by atoms with E-state index in [0.29, 0.717) is 13.2 Å². The molecule has 1 fully saturated rings. The van der Waals surface area contributed by atoms with E-state index in [2.05, 4.69) is 35.6 Å². The van der Waals surface area contributed by atoms with Crippen LogP contribution in [-0.4, -0.2) is 53.2 Å². The molecule has 130 valence electrons. The van der Waals surface area contributed by atoms with E-state index in [0.717, 1.165) is 29.1 Å². The molecule has 0 radical (unpaired) electrons. The molecule has 1 saturated heterocycles. The summed E-state index contributed by atoms with van der Waals surface area (Å²) in [5.41, 5.74) is 2.67. The van der Waals surface area contributed by atoms with Crippen molar-refractivity contribution in [3.63, 3.8) is 0 Å². The first-order chi connectivity index (χ1) is 11.3. The zero-order chi connectivity index (χ0) is 17.5. The molecule has 0 spiro atoms. The smallest absolute Gasteiger partial charge is 0.254 e. The third-order valence-electron chi connectivity index (χ3n) is 4.38. The number of benzene rings is 1. The Morgan fingerprint density at radius 2 is 2.08 bits per heavy atom. The summed E-state index contributed by atoms with van der Waals surface area (Å²) in [4.78, 5) is 19.2. The number of likely N-dealkylation sites (N-methyl/N-ethyl adjacent to an activating group) is 1. The van der Waals surface area contributed by atoms with Crippen LogP contribution in [0.2, 0.25) is 0 Å². The van der Waals surface area contributed by atoms with E-state index in [1.54, 1.807) is 0 Å². The Kier molecular flexibility index (Phi) is 4.36. The Morgan fingerprint density at radius 3 is 2.75 bits per heavy atom. The molecule has 24 heavy (non-hydrogen) atoms. The topological polar surface area (TPSA) is 59.4 Å². The molecule has 1 atom stereocenters. The molecule has 6 nitrogen and oxygen atoms in total. The molecule has 0 unspecified atom stereocenters. The summed E-state index contributed by atoms with van der Waals surface area (Å²) in [5.74, 6) is 0.922. The van der Waals surface area contributed by atoms with Crippen molar-refractivity contribution < 1.29 is 9.53 Å². The third-order valence-corrected chi connectivity index (χ3v) is 4.38. The average molecular weight is 330 g/mol. The van der Waals surface area contributed by atoms with E-state index in [9.17, 15) is 4.79 Å². The number of nitrogens with one attached hydrogen (secondary N) is 1. The van der Waals surface area contributed by atoms with E-state index in [4.69, 9.17) is 9.72 Å². The second kappa shape index (κ2) is 6.18. The molecule has 2 aromatic rings. The van der Waals surface area contributed by atoms with Crippen molar-refractivity contribution in [2.75, 3.05) is 32.1 Å². The number of fused-ring (bicyclic) bond motifs is 1. The minimum atomic E-state index is -0.423. The minimum Gasteiger partial charge on any atom is -0.366 e. The summed E-state index contributed by atoms with van der Waals surface area (Å²) in [6.07, 6.45) is -0.423. The van der Waals surface area contributed by atoms with E-state index < -0.39 is 6.10 Å². The van der Waals surface area contributed by atoms with Crippen LogP contribution in [-0.2, 0) is 22.0 Å². The van der Waals surface area contributed by atoms with Crippen molar-refractivity contribution >= 4 is 22.6 Å². The number of anilines is 1. The van der Waals surface area contributed by atoms with Crippen LogP contribution in [0.1, 0.15) is 26.6 Å². The van der Waals surface area contributed by atoms with Gasteiger partial charge >= 0.3 is 0 Å². The monoisotopic (exact) mass is 330 g/mol. The summed E-state index contributed by atoms with van der Waals surface area (Å²) in [6.45, 7) is 8.50. The fourth-order valence-electron chi connectivity index (χ4n) is 3.11. The van der Waals surface area contributed by atoms with E-state index in [1.165, 1.54) is 0 Å². The molecule has 1 amide bonds. The lowest BCUT2D eigenvalue weighted by molar-refractivity contribution is -0.132. The maximum atomic E-state index is 12.4. The first kappa shape index (κ1) is 16.9. The summed E-state index contributed by atoms with van der Waals surface area (Å²) >= 11 is 0. The van der Waals surface area contributed by atoms with Crippen molar-refractivity contribution in [1.29, 1.82) is 0 Å². The van der Waals surface area contributed by atoms with Gasteiger partial charge in [-0.15, -0.1) is 0 Å². The number of morpholine rings is 1. The maximum Gasteiger partial charge on any atom is 0.254 e. The van der Waals surface area contributed by atoms with Crippen LogP contribution in [0, 0.1) is 0 Å². The van der Waals surface area contributed by atoms with Gasteiger partial charge in [-0.25, -0.2) is 4.98 Å². The van der Waals surface area contributed by atoms with Crippen LogP contribution in [0.15, 0.2) is 18.2 Å². The first-order valence-electron chi connectivity index (χ1n) is 8.33. The number of hydrogen-bond donors (Lipinski definition) is 1. The Labute approximate surface area is 142 Å². The van der Waals surface area contributed by atoms with Crippen molar-refractivity contribution in [3.05, 3.63) is 24.0 Å². The fourth-order valence-corrected chi connectivity index (χ4v) is 3.11. The highest BCUT2D eigenvalue weighted by Gasteiger charge is 2.25. The van der Waals surface area contributed by atoms with E-state index in [-0.39, 0.29) is 11.3 Å². The van der Waals surface area contributed by atoms with Crippen molar-refractivity contribution in [1.82, 2.24) is 14.5 Å². The SMILES string of the molecule is CN1CCO[C@H](C(=O)Nc2ccc3c(c2)nc(C(C)(C)C)n3C)C1. The third kappa shape index (κ3) is 3.30. The van der Waals surface area contributed by atoms with Crippen LogP contribution in [0.3, 0.4) is 0 Å². The van der Waals surface area contributed by atoms with Gasteiger partial charge in [0.15, 0.2) is 0 Å². The highest BCUT2D eigenvalue weighted by atomic mass is 16.5. The molecule has 0 saturated carbocycles. The molecule has 2 heterocycles. The molecule has 6 heteroatoms. The Bertz CT molecular complexity index is 760. The minimum absolute atomic E-state index is 0.0301. The maximum absolute atomic E-state index is 12.4. The van der Waals surface area contributed by atoms with Crippen molar-refractivity contribution in [2.24, 2.45) is 7.05 Å². The van der Waals surface area contributed by atoms with Gasteiger partial charge in [0.1, 0.15) is 11.9 Å². The molecule has 1 aromatic heterocycles. The standard InChI is InChI=1S/C18H26N4O2/c1-18(2,3)17-20-13-10-12(6-7-14(13)22(17)5)19-16(23)15-11-21(4)8-9-24-15/h6-7,10,15H,8-9,11H2,1-5H3,(H,19,23)/t15-/m0/s1. The Morgan fingerprint density at radius 1 is 1.33 bits per heavy atom. The molecule has 1 aliphatic heterocycles. The number of nitrogens with zero attached hydrogens (tertiary/aromatic N) is 3. The van der Waals surface area contributed by atoms with Crippen LogP contribution < -0.4 is 5.32 Å². The second-order valence-electron chi connectivity index (χ2n) is 7.56. The second-order valence-corrected chi connectivity index (χ2v) is 7.56. The first-order valence-corrected chi connectivity index (χ1v) is 8.33. The summed E-state index contributed by atoms with van der Waals surface area (Å²) in [6, 6.07) is 5.84. The molecule has 0 bridgehead atoms. The van der Waals surface area contributed by atoms with Crippen molar-refractivity contribution in [2.45, 2.75) is 32.3 Å². The van der Waals surface area contributed by atoms with Crippen LogP contribution in [0.5, 0.6) is 0 Å². The van der Waals surface area contributed by atoms with Crippen LogP contribution >= 0.6 is 0 Å². The van der Waals surface area contributed by atoms with Crippen LogP contribution in [0.25, 0.3) is 11.0 Å². The molecule has 1 aromatic carbocycles. The summed E-state index contributed by atoms with van der Waals surface area (Å²) in [5, 5.41) is 2.95. The summed E-state index contributed by atoms with van der Waals surface area (Å²) < 4.78 is 7.68. The molecular weight excluding hydrogens is 304 g/mol. The highest BCUT2D eigenvalue weighted by molar-refractivity contribution is 5.96. The number of ether oxygens (including phenoxy) is 1. The number of aromatic nitrogens is 2. The molecular formula is C18H26N4O2. The Balaban J connectivity index is 1.82. The lowest BCUT2D eigenvalue weighted by Crippen LogP contribution is -2.46. The van der Waals surface area contributed by atoms with Gasteiger partial charge < -0.3 is 19.5 Å². The summed E-state index contributed by atoms with van der Waals surface area (Å²) in [7, 11) is 4.02. The van der Waals surface area contributed by atoms with Crippen molar-refractivity contribution in [3.8, 4) is 0 Å². The van der Waals surface area contributed by atoms with Gasteiger partial charge in [-0.3, -0.25) is 4.79 Å². The van der Waals surface area contributed by atoms with Gasteiger partial charge in [0.2, 0.25) is 0 Å². The quantitative estimate of drug-likeness (QED) is 0.916. The largest absolute Gasteiger partial charge is 0.366 e. The predicted octanol–water partition coefficient (Wildman–Crippen LogP) is 2.14. The number of carbonyl (C=O) groups is 1. The zero-order valence-electron chi connectivity index (χ0n) is 15.1. The van der Waals surface area contributed by atoms with E-state index >= 15 is 0 Å². The van der Waals surface area contributed by atoms with E-state index in [1.807, 2.05) is 32.3 Å². The van der Waals surface area contributed by atoms with Crippen LogP contribution in [0.4, 0.5) is 5.69 Å². The number of aryl methyl sites for hydroxylation is 1. The van der Waals surface area contributed by atoms with Gasteiger partial charge in [0.25, 0.3) is 5.91 Å². The Hall–Kier alpha value is -1.92. The molecule has 0 aliphatic carbocycles. The number of carbonyl (C=O) groups excluding carboxylic acids is 1. The van der Waals surface area contributed by atoms with Gasteiger partial charge in [0.05, 0.1) is 17.6 Å². The average Bonchev–Trinajstić information content (AvgIpc) is 2.84. The van der Waals surface area contributed by atoms with Gasteiger partial charge in [-0.1, -0.05) is 20.8 Å². The van der Waals surface area contributed by atoms with Gasteiger partial charge in [-0.05, 0) is 25.2 Å². The molecule has 1 N–H and O–H groups in total. The predicted molar refractivity (Wildman–Crippen MR) is 95.3 cm³/mol. The number of imidazole rings is 1. The lowest BCUT2D eigenvalue weighted by Gasteiger charge is -2.29. The number of hydrogen-bond acceptors (Lipinski definition) is 4. The lowest BCUT2D eigenvalue weighted by atomic mass is 9.96. The normalized spacial score (nSPS) is 19.6. The molecule has 3 rings (SSSR count). The van der Waals surface area contributed by atoms with Gasteiger partial charge in [0, 0.05) is 31.2 Å². The fraction of sp³-hybridized carbons (Fsp3) is 0.556.